The number of aryl methyl sites for hydroxylation is 1. The van der Waals surface area contributed by atoms with Crippen molar-refractivity contribution in [2.24, 2.45) is 0 Å². The van der Waals surface area contributed by atoms with Crippen LogP contribution in [0.4, 0.5) is 10.5 Å². The summed E-state index contributed by atoms with van der Waals surface area (Å²) >= 11 is 0. The Balaban J connectivity index is 1.43. The van der Waals surface area contributed by atoms with E-state index in [1.807, 2.05) is 31.2 Å². The number of amides is 4. The number of nitriles is 1. The highest BCUT2D eigenvalue weighted by molar-refractivity contribution is 6.16. The minimum absolute atomic E-state index is 0.0341. The van der Waals surface area contributed by atoms with Gasteiger partial charge in [-0.25, -0.2) is 9.69 Å². The molecule has 186 valence electrons. The summed E-state index contributed by atoms with van der Waals surface area (Å²) < 4.78 is 11.3. The van der Waals surface area contributed by atoms with Crippen LogP contribution in [0, 0.1) is 18.3 Å². The maximum atomic E-state index is 12.8. The lowest BCUT2D eigenvalue weighted by atomic mass is 10.1. The number of carbonyl (C=O) groups excluding carboxylic acids is 3. The number of ether oxygens (including phenoxy) is 2. The number of anilines is 1. The van der Waals surface area contributed by atoms with Gasteiger partial charge in [0.05, 0.1) is 18.7 Å². The van der Waals surface area contributed by atoms with E-state index in [4.69, 9.17) is 9.47 Å². The molecule has 0 aromatic heterocycles. The minimum atomic E-state index is -0.682. The van der Waals surface area contributed by atoms with Crippen molar-refractivity contribution >= 4 is 29.6 Å². The Kier molecular flexibility index (Phi) is 7.50. The average Bonchev–Trinajstić information content (AvgIpc) is 3.16. The number of hydrogen-bond donors (Lipinski definition) is 2. The van der Waals surface area contributed by atoms with E-state index in [9.17, 15) is 19.6 Å². The molecule has 0 aliphatic carbocycles. The second kappa shape index (κ2) is 11.1. The molecule has 1 saturated heterocycles. The van der Waals surface area contributed by atoms with Crippen LogP contribution >= 0.6 is 0 Å². The number of imide groups is 1. The van der Waals surface area contributed by atoms with E-state index in [0.29, 0.717) is 28.3 Å². The van der Waals surface area contributed by atoms with E-state index >= 15 is 0 Å². The van der Waals surface area contributed by atoms with Gasteiger partial charge in [0.25, 0.3) is 5.91 Å². The molecule has 3 aromatic carbocycles. The number of nitrogens with zero attached hydrogens (tertiary/aromatic N) is 2. The van der Waals surface area contributed by atoms with Crippen LogP contribution in [0.1, 0.15) is 22.3 Å². The van der Waals surface area contributed by atoms with Crippen LogP contribution in [0.2, 0.25) is 0 Å². The molecule has 0 unspecified atom stereocenters. The lowest BCUT2D eigenvalue weighted by molar-refractivity contribution is -0.127. The second-order valence-electron chi connectivity index (χ2n) is 8.26. The Hall–Kier alpha value is -5.10. The van der Waals surface area contributed by atoms with Crippen molar-refractivity contribution in [3.05, 3.63) is 94.7 Å². The fourth-order valence-corrected chi connectivity index (χ4v) is 3.67. The first kappa shape index (κ1) is 25.0. The van der Waals surface area contributed by atoms with Crippen molar-refractivity contribution in [1.29, 1.82) is 5.26 Å². The first-order valence-electron chi connectivity index (χ1n) is 11.4. The van der Waals surface area contributed by atoms with Crippen LogP contribution in [-0.4, -0.2) is 36.4 Å². The van der Waals surface area contributed by atoms with Crippen LogP contribution < -0.4 is 20.1 Å². The van der Waals surface area contributed by atoms with Gasteiger partial charge in [-0.3, -0.25) is 9.59 Å². The number of urea groups is 1. The van der Waals surface area contributed by atoms with E-state index in [-0.39, 0.29) is 12.3 Å². The van der Waals surface area contributed by atoms with Gasteiger partial charge < -0.3 is 20.1 Å². The summed E-state index contributed by atoms with van der Waals surface area (Å²) in [4.78, 5) is 38.4. The largest absolute Gasteiger partial charge is 0.493 e. The third kappa shape index (κ3) is 5.94. The first-order valence-corrected chi connectivity index (χ1v) is 11.4. The van der Waals surface area contributed by atoms with E-state index in [1.54, 1.807) is 42.5 Å². The van der Waals surface area contributed by atoms with Gasteiger partial charge in [-0.05, 0) is 48.9 Å². The zero-order chi connectivity index (χ0) is 26.4. The van der Waals surface area contributed by atoms with Gasteiger partial charge in [0, 0.05) is 11.3 Å². The number of nitrogens with one attached hydrogen (secondary N) is 2. The third-order valence-electron chi connectivity index (χ3n) is 5.62. The van der Waals surface area contributed by atoms with Crippen molar-refractivity contribution in [3.8, 4) is 17.6 Å². The van der Waals surface area contributed by atoms with Gasteiger partial charge in [0.1, 0.15) is 18.8 Å². The van der Waals surface area contributed by atoms with E-state index < -0.39 is 24.4 Å². The fourth-order valence-electron chi connectivity index (χ4n) is 3.67. The molecule has 4 rings (SSSR count). The van der Waals surface area contributed by atoms with Gasteiger partial charge >= 0.3 is 6.03 Å². The number of hydrogen-bond acceptors (Lipinski definition) is 6. The topological polar surface area (TPSA) is 121 Å². The summed E-state index contributed by atoms with van der Waals surface area (Å²) in [5, 5.41) is 14.4. The van der Waals surface area contributed by atoms with Crippen LogP contribution in [0.25, 0.3) is 6.08 Å². The van der Waals surface area contributed by atoms with Crippen molar-refractivity contribution < 1.29 is 23.9 Å². The molecule has 3 aromatic rings. The zero-order valence-electron chi connectivity index (χ0n) is 20.3. The lowest BCUT2D eigenvalue weighted by Crippen LogP contribution is -2.38. The Labute approximate surface area is 213 Å². The SMILES string of the molecule is COc1cc(/C=C2/NC(=O)N(CC(=O)Nc3ccc(C)cc3)C2=O)ccc1OCc1ccccc1C#N. The number of rotatable bonds is 8. The maximum absolute atomic E-state index is 12.8. The van der Waals surface area contributed by atoms with Gasteiger partial charge in [0.2, 0.25) is 5.91 Å². The molecule has 0 radical (unpaired) electrons. The molecule has 0 atom stereocenters. The Bertz CT molecular complexity index is 1420. The summed E-state index contributed by atoms with van der Waals surface area (Å²) in [7, 11) is 1.49. The smallest absolute Gasteiger partial charge is 0.329 e. The van der Waals surface area contributed by atoms with Gasteiger partial charge in [-0.2, -0.15) is 5.26 Å². The maximum Gasteiger partial charge on any atom is 0.329 e. The molecule has 1 fully saturated rings. The molecular formula is C28H24N4O5. The van der Waals surface area contributed by atoms with E-state index in [1.165, 1.54) is 13.2 Å². The van der Waals surface area contributed by atoms with Crippen molar-refractivity contribution in [2.75, 3.05) is 19.0 Å². The van der Waals surface area contributed by atoms with Crippen molar-refractivity contribution in [2.45, 2.75) is 13.5 Å². The number of methoxy groups -OCH3 is 1. The molecule has 1 aliphatic heterocycles. The molecule has 4 amide bonds. The Morgan fingerprint density at radius 1 is 1.08 bits per heavy atom. The monoisotopic (exact) mass is 496 g/mol. The normalized spacial score (nSPS) is 13.8. The fraction of sp³-hybridized carbons (Fsp3) is 0.143. The average molecular weight is 497 g/mol. The third-order valence-corrected chi connectivity index (χ3v) is 5.62. The van der Waals surface area contributed by atoms with Crippen molar-refractivity contribution in [3.63, 3.8) is 0 Å². The summed E-state index contributed by atoms with van der Waals surface area (Å²) in [5.41, 5.74) is 3.49. The highest BCUT2D eigenvalue weighted by atomic mass is 16.5. The second-order valence-corrected chi connectivity index (χ2v) is 8.26. The number of benzene rings is 3. The summed E-state index contributed by atoms with van der Waals surface area (Å²) in [5.74, 6) is -0.241. The molecule has 0 bridgehead atoms. The minimum Gasteiger partial charge on any atom is -0.493 e. The highest BCUT2D eigenvalue weighted by Crippen LogP contribution is 2.30. The van der Waals surface area contributed by atoms with Crippen LogP contribution in [0.3, 0.4) is 0 Å². The highest BCUT2D eigenvalue weighted by Gasteiger charge is 2.35. The molecule has 2 N–H and O–H groups in total. The van der Waals surface area contributed by atoms with E-state index in [2.05, 4.69) is 16.7 Å². The lowest BCUT2D eigenvalue weighted by Gasteiger charge is -2.12. The van der Waals surface area contributed by atoms with Gasteiger partial charge in [-0.1, -0.05) is 42.0 Å². The predicted molar refractivity (Wildman–Crippen MR) is 137 cm³/mol. The molecule has 1 aliphatic rings. The molecule has 0 spiro atoms. The molecule has 1 heterocycles. The molecule has 9 heteroatoms. The predicted octanol–water partition coefficient (Wildman–Crippen LogP) is 3.99. The Morgan fingerprint density at radius 2 is 1.84 bits per heavy atom. The summed E-state index contributed by atoms with van der Waals surface area (Å²) in [6.07, 6.45) is 1.50. The first-order chi connectivity index (χ1) is 17.9. The molecule has 37 heavy (non-hydrogen) atoms. The van der Waals surface area contributed by atoms with Crippen LogP contribution in [0.15, 0.2) is 72.4 Å². The molecule has 0 saturated carbocycles. The number of carbonyl (C=O) groups is 3. The quantitative estimate of drug-likeness (QED) is 0.359. The van der Waals surface area contributed by atoms with E-state index in [0.717, 1.165) is 16.0 Å². The standard InChI is InChI=1S/C28H24N4O5/c1-18-7-10-22(11-8-18)30-26(33)16-32-27(34)23(31-28(32)35)13-19-9-12-24(25(14-19)36-2)37-17-21-6-4-3-5-20(21)15-29/h3-14H,16-17H2,1-2H3,(H,30,33)(H,31,35)/b23-13+. The molecule has 9 nitrogen and oxygen atoms in total. The zero-order valence-corrected chi connectivity index (χ0v) is 20.3. The van der Waals surface area contributed by atoms with Crippen molar-refractivity contribution in [1.82, 2.24) is 10.2 Å². The van der Waals surface area contributed by atoms with Crippen LogP contribution in [0.5, 0.6) is 11.5 Å². The van der Waals surface area contributed by atoms with Gasteiger partial charge in [0.15, 0.2) is 11.5 Å². The Morgan fingerprint density at radius 3 is 2.57 bits per heavy atom. The summed E-state index contributed by atoms with van der Waals surface area (Å²) in [6, 6.07) is 20.8. The molecular weight excluding hydrogens is 472 g/mol. The van der Waals surface area contributed by atoms with Crippen LogP contribution in [-0.2, 0) is 16.2 Å². The summed E-state index contributed by atoms with van der Waals surface area (Å²) in [6.45, 7) is 1.68. The van der Waals surface area contributed by atoms with Gasteiger partial charge in [-0.15, -0.1) is 0 Å².